The number of hydrogen-bond acceptors (Lipinski definition) is 0. The Morgan fingerprint density at radius 2 is 0.519 bits per heavy atom. The monoisotopic (exact) mass is 719 g/mol. The minimum atomic E-state index is 1.14. The zero-order valence-corrected chi connectivity index (χ0v) is 34.1. The maximum absolute atomic E-state index is 2.59. The number of benzene rings is 5. The molecule has 0 heterocycles. The van der Waals surface area contributed by atoms with E-state index in [4.69, 9.17) is 0 Å². The molecule has 0 heteroatoms. The van der Waals surface area contributed by atoms with Gasteiger partial charge in [0.2, 0.25) is 0 Å². The number of hydrogen-bond donors (Lipinski definition) is 0. The maximum atomic E-state index is 2.59. The van der Waals surface area contributed by atoms with Gasteiger partial charge < -0.3 is 0 Å². The third-order valence-corrected chi connectivity index (χ3v) is 11.5. The van der Waals surface area contributed by atoms with Crippen molar-refractivity contribution in [2.75, 3.05) is 0 Å². The lowest BCUT2D eigenvalue weighted by atomic mass is 9.86. The van der Waals surface area contributed by atoms with Gasteiger partial charge in [-0.05, 0) is 81.3 Å². The van der Waals surface area contributed by atoms with Crippen LogP contribution in [0.1, 0.15) is 153 Å². The highest BCUT2D eigenvalue weighted by molar-refractivity contribution is 5.79. The summed E-state index contributed by atoms with van der Waals surface area (Å²) in [5, 5.41) is 0. The van der Waals surface area contributed by atoms with Crippen LogP contribution in [0.15, 0.2) is 121 Å². The SMILES string of the molecule is CCCCCCCCCCCCc1cc(-c2ccc(-c3ccccc3)cc2)c(CCCCCCCCCCCC)cc1-c1ccc(-c2ccccc2)cc1. The second-order valence-electron chi connectivity index (χ2n) is 15.9. The van der Waals surface area contributed by atoms with Gasteiger partial charge >= 0.3 is 0 Å². The molecule has 0 aliphatic rings. The highest BCUT2D eigenvalue weighted by Gasteiger charge is 2.14. The summed E-state index contributed by atoms with van der Waals surface area (Å²) in [5.41, 5.74) is 13.8. The van der Waals surface area contributed by atoms with Gasteiger partial charge in [-0.1, -0.05) is 251 Å². The zero-order chi connectivity index (χ0) is 37.5. The van der Waals surface area contributed by atoms with Crippen LogP contribution in [0.5, 0.6) is 0 Å². The zero-order valence-electron chi connectivity index (χ0n) is 34.1. The van der Waals surface area contributed by atoms with Gasteiger partial charge in [-0.25, -0.2) is 0 Å². The molecule has 0 radical (unpaired) electrons. The van der Waals surface area contributed by atoms with Gasteiger partial charge in [0, 0.05) is 0 Å². The Morgan fingerprint density at radius 1 is 0.259 bits per heavy atom. The standard InChI is InChI=1S/C54H70/c1-3-5-7-9-11-13-15-17-19-23-33-51-43-54(50-41-37-48(38-42-50)46-31-27-22-28-32-46)52(34-24-20-18-16-14-12-10-8-6-4-2)44-53(51)49-39-35-47(36-40-49)45-29-25-21-26-30-45/h21-22,25-32,35-44H,3-20,23-24,33-34H2,1-2H3. The summed E-state index contributed by atoms with van der Waals surface area (Å²) in [6.07, 6.45) is 29.7. The minimum absolute atomic E-state index is 1.14. The summed E-state index contributed by atoms with van der Waals surface area (Å²) in [6.45, 7) is 4.62. The lowest BCUT2D eigenvalue weighted by molar-refractivity contribution is 0.556. The molecule has 0 aliphatic carbocycles. The molecular formula is C54H70. The van der Waals surface area contributed by atoms with Gasteiger partial charge in [-0.3, -0.25) is 0 Å². The molecule has 54 heavy (non-hydrogen) atoms. The lowest BCUT2D eigenvalue weighted by Gasteiger charge is -2.19. The van der Waals surface area contributed by atoms with Crippen molar-refractivity contribution in [3.63, 3.8) is 0 Å². The molecule has 286 valence electrons. The second-order valence-corrected chi connectivity index (χ2v) is 15.9. The van der Waals surface area contributed by atoms with Gasteiger partial charge in [0.15, 0.2) is 0 Å². The molecule has 0 spiro atoms. The quantitative estimate of drug-likeness (QED) is 0.0499. The van der Waals surface area contributed by atoms with Crippen molar-refractivity contribution in [3.05, 3.63) is 132 Å². The smallest absolute Gasteiger partial charge is 0.0149 e. The van der Waals surface area contributed by atoms with Crippen LogP contribution in [-0.2, 0) is 12.8 Å². The van der Waals surface area contributed by atoms with E-state index in [0.717, 1.165) is 12.8 Å². The summed E-state index contributed by atoms with van der Waals surface area (Å²) in [5.74, 6) is 0. The molecule has 0 fully saturated rings. The van der Waals surface area contributed by atoms with E-state index in [-0.39, 0.29) is 0 Å². The van der Waals surface area contributed by atoms with Crippen LogP contribution in [0.2, 0.25) is 0 Å². The number of aryl methyl sites for hydroxylation is 2. The molecule has 0 N–H and O–H groups in total. The predicted molar refractivity (Wildman–Crippen MR) is 239 cm³/mol. The first-order valence-electron chi connectivity index (χ1n) is 22.2. The van der Waals surface area contributed by atoms with E-state index >= 15 is 0 Å². The van der Waals surface area contributed by atoms with E-state index in [1.54, 1.807) is 0 Å². The highest BCUT2D eigenvalue weighted by atomic mass is 14.2. The number of unbranched alkanes of at least 4 members (excludes halogenated alkanes) is 18. The highest BCUT2D eigenvalue weighted by Crippen LogP contribution is 2.36. The molecule has 5 rings (SSSR count). The van der Waals surface area contributed by atoms with Crippen LogP contribution in [0.25, 0.3) is 44.5 Å². The average molecular weight is 719 g/mol. The molecule has 5 aromatic carbocycles. The van der Waals surface area contributed by atoms with Crippen molar-refractivity contribution in [2.24, 2.45) is 0 Å². The maximum Gasteiger partial charge on any atom is -0.0149 e. The van der Waals surface area contributed by atoms with E-state index < -0.39 is 0 Å². The van der Waals surface area contributed by atoms with Gasteiger partial charge in [0.05, 0.1) is 0 Å². The van der Waals surface area contributed by atoms with Crippen LogP contribution in [-0.4, -0.2) is 0 Å². The molecule has 0 unspecified atom stereocenters. The Kier molecular flexibility index (Phi) is 18.7. The molecule has 0 atom stereocenters. The first-order chi connectivity index (χ1) is 26.8. The average Bonchev–Trinajstić information content (AvgIpc) is 3.23. The molecule has 0 bridgehead atoms. The summed E-state index contributed by atoms with van der Waals surface area (Å²) < 4.78 is 0. The van der Waals surface area contributed by atoms with Crippen molar-refractivity contribution in [3.8, 4) is 44.5 Å². The van der Waals surface area contributed by atoms with Crippen molar-refractivity contribution in [1.29, 1.82) is 0 Å². The van der Waals surface area contributed by atoms with Crippen LogP contribution in [0, 0.1) is 0 Å². The molecule has 5 aromatic rings. The Labute approximate surface area is 330 Å². The molecule has 0 nitrogen and oxygen atoms in total. The third kappa shape index (κ3) is 13.7. The molecule has 0 saturated heterocycles. The Hall–Kier alpha value is -3.90. The Bertz CT molecular complexity index is 1560. The molecule has 0 amide bonds. The van der Waals surface area contributed by atoms with Gasteiger partial charge in [0.25, 0.3) is 0 Å². The lowest BCUT2D eigenvalue weighted by Crippen LogP contribution is -1.99. The van der Waals surface area contributed by atoms with Crippen molar-refractivity contribution < 1.29 is 0 Å². The van der Waals surface area contributed by atoms with E-state index in [1.807, 2.05) is 0 Å². The summed E-state index contributed by atoms with van der Waals surface area (Å²) in [6, 6.07) is 45.6. The fourth-order valence-corrected chi connectivity index (χ4v) is 8.19. The molecule has 0 aromatic heterocycles. The summed E-state index contributed by atoms with van der Waals surface area (Å²) in [7, 11) is 0. The van der Waals surface area contributed by atoms with Crippen LogP contribution < -0.4 is 0 Å². The minimum Gasteiger partial charge on any atom is -0.0654 e. The van der Waals surface area contributed by atoms with Crippen molar-refractivity contribution in [2.45, 2.75) is 155 Å². The summed E-state index contributed by atoms with van der Waals surface area (Å²) in [4.78, 5) is 0. The first kappa shape index (κ1) is 41.3. The fraction of sp³-hybridized carbons (Fsp3) is 0.444. The van der Waals surface area contributed by atoms with Crippen molar-refractivity contribution in [1.82, 2.24) is 0 Å². The van der Waals surface area contributed by atoms with Crippen LogP contribution in [0.3, 0.4) is 0 Å². The van der Waals surface area contributed by atoms with E-state index in [0.29, 0.717) is 0 Å². The molecule has 0 aliphatic heterocycles. The summed E-state index contributed by atoms with van der Waals surface area (Å²) >= 11 is 0. The second kappa shape index (κ2) is 24.5. The van der Waals surface area contributed by atoms with E-state index in [9.17, 15) is 0 Å². The van der Waals surface area contributed by atoms with E-state index in [1.165, 1.54) is 184 Å². The molecular weight excluding hydrogens is 649 g/mol. The molecule has 0 saturated carbocycles. The van der Waals surface area contributed by atoms with Gasteiger partial charge in [-0.2, -0.15) is 0 Å². The largest absolute Gasteiger partial charge is 0.0654 e. The van der Waals surface area contributed by atoms with Crippen LogP contribution in [0.4, 0.5) is 0 Å². The first-order valence-corrected chi connectivity index (χ1v) is 22.2. The topological polar surface area (TPSA) is 0 Å². The predicted octanol–water partition coefficient (Wildman–Crippen LogP) is 17.3. The Morgan fingerprint density at radius 3 is 0.833 bits per heavy atom. The van der Waals surface area contributed by atoms with Crippen molar-refractivity contribution >= 4 is 0 Å². The van der Waals surface area contributed by atoms with Gasteiger partial charge in [0.1, 0.15) is 0 Å². The van der Waals surface area contributed by atoms with Crippen LogP contribution >= 0.6 is 0 Å². The van der Waals surface area contributed by atoms with Gasteiger partial charge in [-0.15, -0.1) is 0 Å². The van der Waals surface area contributed by atoms with E-state index in [2.05, 4.69) is 135 Å². The normalized spacial score (nSPS) is 11.3. The Balaban J connectivity index is 1.36. The third-order valence-electron chi connectivity index (χ3n) is 11.5. The fourth-order valence-electron chi connectivity index (χ4n) is 8.19. The number of rotatable bonds is 26.